The van der Waals surface area contributed by atoms with Gasteiger partial charge in [0.25, 0.3) is 5.56 Å². The number of nitrogens with zero attached hydrogens (tertiary/aromatic N) is 3. The monoisotopic (exact) mass is 341 g/mol. The number of thioether (sulfide) groups is 1. The lowest BCUT2D eigenvalue weighted by Gasteiger charge is -2.11. The fraction of sp³-hybridized carbons (Fsp3) is 0.235. The summed E-state index contributed by atoms with van der Waals surface area (Å²) in [6.07, 6.45) is 0. The molecular weight excluding hydrogens is 326 g/mol. The lowest BCUT2D eigenvalue weighted by Crippen LogP contribution is -2.22. The van der Waals surface area contributed by atoms with Crippen molar-refractivity contribution in [2.75, 3.05) is 0 Å². The van der Waals surface area contributed by atoms with E-state index in [0.29, 0.717) is 17.1 Å². The summed E-state index contributed by atoms with van der Waals surface area (Å²) >= 11 is 2.80. The smallest absolute Gasteiger partial charge is 0.263 e. The lowest BCUT2D eigenvalue weighted by atomic mass is 10.1. The summed E-state index contributed by atoms with van der Waals surface area (Å²) in [5.74, 6) is 0. The number of hydrogen-bond acceptors (Lipinski definition) is 5. The predicted octanol–water partition coefficient (Wildman–Crippen LogP) is 4.15. The first kappa shape index (κ1) is 15.8. The van der Waals surface area contributed by atoms with Crippen molar-refractivity contribution in [2.45, 2.75) is 30.8 Å². The van der Waals surface area contributed by atoms with Crippen LogP contribution in [0.4, 0.5) is 0 Å². The highest BCUT2D eigenvalue weighted by Crippen LogP contribution is 2.32. The highest BCUT2D eigenvalue weighted by Gasteiger charge is 2.17. The standard InChI is InChI=1S/C17H15N3OS2/c1-3-20-16(21)14-13(12-7-5-4-6-8-12)10-22-15(14)19-17(20)23-11(2)9-18/h4-8,10-11H,3H2,1-2H3/t11-/m1/s1. The van der Waals surface area contributed by atoms with Gasteiger partial charge in [-0.25, -0.2) is 4.98 Å². The molecule has 0 bridgehead atoms. The summed E-state index contributed by atoms with van der Waals surface area (Å²) in [5, 5.41) is 12.0. The first-order valence-corrected chi connectivity index (χ1v) is 9.05. The number of nitriles is 1. The van der Waals surface area contributed by atoms with Crippen LogP contribution in [0.1, 0.15) is 13.8 Å². The molecule has 0 fully saturated rings. The van der Waals surface area contributed by atoms with E-state index in [4.69, 9.17) is 5.26 Å². The molecule has 23 heavy (non-hydrogen) atoms. The fourth-order valence-electron chi connectivity index (χ4n) is 2.39. The molecule has 0 saturated heterocycles. The van der Waals surface area contributed by atoms with E-state index >= 15 is 0 Å². The number of rotatable bonds is 4. The molecule has 1 aromatic carbocycles. The molecule has 0 N–H and O–H groups in total. The number of benzene rings is 1. The van der Waals surface area contributed by atoms with Crippen molar-refractivity contribution in [1.29, 1.82) is 5.26 Å². The number of hydrogen-bond donors (Lipinski definition) is 0. The van der Waals surface area contributed by atoms with Crippen LogP contribution in [0.25, 0.3) is 21.3 Å². The van der Waals surface area contributed by atoms with E-state index in [0.717, 1.165) is 16.0 Å². The summed E-state index contributed by atoms with van der Waals surface area (Å²) in [5.41, 5.74) is 1.91. The van der Waals surface area contributed by atoms with Crippen LogP contribution in [0.5, 0.6) is 0 Å². The molecule has 4 nitrogen and oxygen atoms in total. The average Bonchev–Trinajstić information content (AvgIpc) is 3.00. The van der Waals surface area contributed by atoms with Gasteiger partial charge in [0.2, 0.25) is 0 Å². The second-order valence-electron chi connectivity index (χ2n) is 5.03. The van der Waals surface area contributed by atoms with E-state index < -0.39 is 0 Å². The molecule has 116 valence electrons. The Hall–Kier alpha value is -2.10. The Morgan fingerprint density at radius 3 is 2.78 bits per heavy atom. The maximum absolute atomic E-state index is 12.9. The van der Waals surface area contributed by atoms with Crippen molar-refractivity contribution >= 4 is 33.3 Å². The first-order chi connectivity index (χ1) is 11.2. The van der Waals surface area contributed by atoms with Gasteiger partial charge < -0.3 is 0 Å². The van der Waals surface area contributed by atoms with Gasteiger partial charge in [-0.3, -0.25) is 9.36 Å². The van der Waals surface area contributed by atoms with Gasteiger partial charge in [-0.1, -0.05) is 42.1 Å². The van der Waals surface area contributed by atoms with Crippen molar-refractivity contribution in [2.24, 2.45) is 0 Å². The van der Waals surface area contributed by atoms with Gasteiger partial charge in [0.1, 0.15) is 4.83 Å². The Labute approximate surface area is 142 Å². The second-order valence-corrected chi connectivity index (χ2v) is 7.19. The van der Waals surface area contributed by atoms with Crippen molar-refractivity contribution in [3.8, 4) is 17.2 Å². The fourth-order valence-corrected chi connectivity index (χ4v) is 4.24. The zero-order valence-electron chi connectivity index (χ0n) is 12.8. The largest absolute Gasteiger partial charge is 0.287 e. The van der Waals surface area contributed by atoms with Crippen LogP contribution >= 0.6 is 23.1 Å². The van der Waals surface area contributed by atoms with Crippen molar-refractivity contribution in [1.82, 2.24) is 9.55 Å². The van der Waals surface area contributed by atoms with E-state index in [2.05, 4.69) is 11.1 Å². The van der Waals surface area contributed by atoms with Gasteiger partial charge in [-0.2, -0.15) is 5.26 Å². The predicted molar refractivity (Wildman–Crippen MR) is 95.9 cm³/mol. The van der Waals surface area contributed by atoms with Crippen LogP contribution in [0.15, 0.2) is 45.7 Å². The Bertz CT molecular complexity index is 938. The van der Waals surface area contributed by atoms with Crippen LogP contribution < -0.4 is 5.56 Å². The third-order valence-electron chi connectivity index (χ3n) is 3.52. The third-order valence-corrected chi connectivity index (χ3v) is 5.38. The SMILES string of the molecule is CCn1c(S[C@H](C)C#N)nc2scc(-c3ccccc3)c2c1=O. The van der Waals surface area contributed by atoms with Gasteiger partial charge in [-0.05, 0) is 19.4 Å². The van der Waals surface area contributed by atoms with E-state index in [1.807, 2.05) is 49.6 Å². The van der Waals surface area contributed by atoms with Crippen LogP contribution in [-0.2, 0) is 6.54 Å². The Morgan fingerprint density at radius 1 is 1.39 bits per heavy atom. The van der Waals surface area contributed by atoms with Gasteiger partial charge in [-0.15, -0.1) is 11.3 Å². The third kappa shape index (κ3) is 2.90. The van der Waals surface area contributed by atoms with Gasteiger partial charge in [0.15, 0.2) is 5.16 Å². The number of fused-ring (bicyclic) bond motifs is 1. The van der Waals surface area contributed by atoms with Crippen LogP contribution in [-0.4, -0.2) is 14.8 Å². The highest BCUT2D eigenvalue weighted by atomic mass is 32.2. The number of thiophene rings is 1. The molecule has 3 rings (SSSR count). The van der Waals surface area contributed by atoms with E-state index in [9.17, 15) is 4.79 Å². The van der Waals surface area contributed by atoms with Crippen LogP contribution in [0, 0.1) is 11.3 Å². The van der Waals surface area contributed by atoms with Gasteiger partial charge in [0, 0.05) is 17.5 Å². The average molecular weight is 341 g/mol. The molecule has 2 aromatic heterocycles. The summed E-state index contributed by atoms with van der Waals surface area (Å²) in [4.78, 5) is 18.3. The first-order valence-electron chi connectivity index (χ1n) is 7.29. The van der Waals surface area contributed by atoms with Crippen molar-refractivity contribution < 1.29 is 0 Å². The van der Waals surface area contributed by atoms with Crippen LogP contribution in [0.3, 0.4) is 0 Å². The molecule has 0 spiro atoms. The molecule has 0 aliphatic heterocycles. The Balaban J connectivity index is 2.23. The highest BCUT2D eigenvalue weighted by molar-refractivity contribution is 8.00. The Kier molecular flexibility index (Phi) is 4.51. The quantitative estimate of drug-likeness (QED) is 0.528. The van der Waals surface area contributed by atoms with Crippen molar-refractivity contribution in [3.05, 3.63) is 46.1 Å². The van der Waals surface area contributed by atoms with Gasteiger partial charge >= 0.3 is 0 Å². The molecule has 3 aromatic rings. The molecule has 2 heterocycles. The normalized spacial score (nSPS) is 12.2. The van der Waals surface area contributed by atoms with Crippen LogP contribution in [0.2, 0.25) is 0 Å². The summed E-state index contributed by atoms with van der Waals surface area (Å²) in [6, 6.07) is 12.1. The topological polar surface area (TPSA) is 58.7 Å². The Morgan fingerprint density at radius 2 is 2.13 bits per heavy atom. The minimum Gasteiger partial charge on any atom is -0.287 e. The minimum absolute atomic E-state index is 0.0368. The zero-order valence-corrected chi connectivity index (χ0v) is 14.4. The molecule has 1 atom stereocenters. The number of aromatic nitrogens is 2. The maximum atomic E-state index is 12.9. The van der Waals surface area contributed by atoms with E-state index in [1.165, 1.54) is 23.1 Å². The molecule has 0 amide bonds. The molecule has 0 unspecified atom stereocenters. The summed E-state index contributed by atoms with van der Waals surface area (Å²) in [7, 11) is 0. The second kappa shape index (κ2) is 6.57. The summed E-state index contributed by atoms with van der Waals surface area (Å²) in [6.45, 7) is 4.27. The molecule has 0 aliphatic carbocycles. The molecular formula is C17H15N3OS2. The lowest BCUT2D eigenvalue weighted by molar-refractivity contribution is 0.635. The van der Waals surface area contributed by atoms with E-state index in [-0.39, 0.29) is 10.8 Å². The maximum Gasteiger partial charge on any atom is 0.263 e. The molecule has 0 saturated carbocycles. The van der Waals surface area contributed by atoms with Crippen molar-refractivity contribution in [3.63, 3.8) is 0 Å². The molecule has 0 radical (unpaired) electrons. The molecule has 0 aliphatic rings. The van der Waals surface area contributed by atoms with Gasteiger partial charge in [0.05, 0.1) is 16.7 Å². The van der Waals surface area contributed by atoms with E-state index in [1.54, 1.807) is 4.57 Å². The minimum atomic E-state index is -0.245. The zero-order chi connectivity index (χ0) is 16.4. The molecule has 6 heteroatoms. The summed E-state index contributed by atoms with van der Waals surface area (Å²) < 4.78 is 1.65.